The maximum atomic E-state index is 12.9. The minimum absolute atomic E-state index is 0.0362. The maximum Gasteiger partial charge on any atom is 0.270 e. The Labute approximate surface area is 140 Å². The molecule has 1 saturated heterocycles. The standard InChI is InChI=1S/C17H18N2O4S/c1-13(20)19(15-5-3-2-4-6-15)24(21,22)16-9-7-14(8-10-16)17(18)11-23-12-17/h2-10H,11-12,18H2,1H3. The quantitative estimate of drug-likeness (QED) is 0.908. The summed E-state index contributed by atoms with van der Waals surface area (Å²) in [5, 5.41) is 0. The summed E-state index contributed by atoms with van der Waals surface area (Å²) in [5.74, 6) is -0.576. The summed E-state index contributed by atoms with van der Waals surface area (Å²) in [7, 11) is -3.99. The zero-order chi connectivity index (χ0) is 17.4. The largest absolute Gasteiger partial charge is 0.377 e. The number of hydrogen-bond acceptors (Lipinski definition) is 5. The van der Waals surface area contributed by atoms with E-state index < -0.39 is 21.5 Å². The fourth-order valence-corrected chi connectivity index (χ4v) is 4.03. The lowest BCUT2D eigenvalue weighted by Crippen LogP contribution is -2.54. The van der Waals surface area contributed by atoms with Gasteiger partial charge in [-0.1, -0.05) is 30.3 Å². The van der Waals surface area contributed by atoms with Gasteiger partial charge < -0.3 is 10.5 Å². The van der Waals surface area contributed by atoms with Gasteiger partial charge in [0.2, 0.25) is 5.91 Å². The first kappa shape index (κ1) is 16.6. The first-order valence-corrected chi connectivity index (χ1v) is 8.87. The Bertz CT molecular complexity index is 844. The van der Waals surface area contributed by atoms with Crippen LogP contribution in [-0.2, 0) is 25.1 Å². The van der Waals surface area contributed by atoms with Gasteiger partial charge in [-0.15, -0.1) is 0 Å². The summed E-state index contributed by atoms with van der Waals surface area (Å²) in [6.45, 7) is 2.03. The van der Waals surface area contributed by atoms with Crippen LogP contribution < -0.4 is 10.0 Å². The lowest BCUT2D eigenvalue weighted by Gasteiger charge is -2.38. The second-order valence-electron chi connectivity index (χ2n) is 5.80. The number of nitrogens with two attached hydrogens (primary N) is 1. The van der Waals surface area contributed by atoms with E-state index in [2.05, 4.69) is 0 Å². The second kappa shape index (κ2) is 6.01. The fraction of sp³-hybridized carbons (Fsp3) is 0.235. The van der Waals surface area contributed by atoms with Crippen molar-refractivity contribution in [3.8, 4) is 0 Å². The van der Waals surface area contributed by atoms with E-state index in [0.717, 1.165) is 9.87 Å². The number of carbonyl (C=O) groups excluding carboxylic acids is 1. The number of anilines is 1. The van der Waals surface area contributed by atoms with Gasteiger partial charge in [0, 0.05) is 6.92 Å². The summed E-state index contributed by atoms with van der Waals surface area (Å²) in [5.41, 5.74) is 6.69. The van der Waals surface area contributed by atoms with Crippen LogP contribution in [0.15, 0.2) is 59.5 Å². The molecule has 0 spiro atoms. The average Bonchev–Trinajstić information content (AvgIpc) is 2.53. The van der Waals surface area contributed by atoms with Crippen molar-refractivity contribution in [2.45, 2.75) is 17.4 Å². The molecule has 0 bridgehead atoms. The number of amides is 1. The third-order valence-electron chi connectivity index (χ3n) is 3.96. The molecule has 0 atom stereocenters. The van der Waals surface area contributed by atoms with E-state index in [1.807, 2.05) is 0 Å². The molecule has 0 aromatic heterocycles. The molecule has 0 radical (unpaired) electrons. The molecule has 0 saturated carbocycles. The van der Waals surface area contributed by atoms with E-state index in [1.165, 1.54) is 19.1 Å². The zero-order valence-corrected chi connectivity index (χ0v) is 14.0. The minimum Gasteiger partial charge on any atom is -0.377 e. The molecule has 0 unspecified atom stereocenters. The number of sulfonamides is 1. The molecule has 2 N–H and O–H groups in total. The van der Waals surface area contributed by atoms with E-state index in [-0.39, 0.29) is 4.90 Å². The molecule has 6 nitrogen and oxygen atoms in total. The topological polar surface area (TPSA) is 89.7 Å². The van der Waals surface area contributed by atoms with Gasteiger partial charge in [-0.25, -0.2) is 12.7 Å². The number of hydrogen-bond donors (Lipinski definition) is 1. The third kappa shape index (κ3) is 2.82. The average molecular weight is 346 g/mol. The molecule has 2 aromatic carbocycles. The lowest BCUT2D eigenvalue weighted by atomic mass is 9.89. The Kier molecular flexibility index (Phi) is 4.16. The SMILES string of the molecule is CC(=O)N(c1ccccc1)S(=O)(=O)c1ccc(C2(N)COC2)cc1. The molecule has 24 heavy (non-hydrogen) atoms. The molecule has 1 aliphatic rings. The van der Waals surface area contributed by atoms with Crippen molar-refractivity contribution in [1.29, 1.82) is 0 Å². The summed E-state index contributed by atoms with van der Waals surface area (Å²) in [6.07, 6.45) is 0. The van der Waals surface area contributed by atoms with Crippen LogP contribution in [0.1, 0.15) is 12.5 Å². The van der Waals surface area contributed by atoms with Crippen molar-refractivity contribution in [1.82, 2.24) is 0 Å². The predicted molar refractivity (Wildman–Crippen MR) is 89.9 cm³/mol. The Balaban J connectivity index is 1.98. The number of nitrogens with zero attached hydrogens (tertiary/aromatic N) is 1. The molecule has 126 valence electrons. The van der Waals surface area contributed by atoms with Crippen molar-refractivity contribution >= 4 is 21.6 Å². The predicted octanol–water partition coefficient (Wildman–Crippen LogP) is 1.61. The van der Waals surface area contributed by atoms with Crippen molar-refractivity contribution in [2.75, 3.05) is 17.5 Å². The van der Waals surface area contributed by atoms with Crippen molar-refractivity contribution in [3.05, 3.63) is 60.2 Å². The number of rotatable bonds is 4. The summed E-state index contributed by atoms with van der Waals surface area (Å²) >= 11 is 0. The fourth-order valence-electron chi connectivity index (χ4n) is 2.61. The molecule has 7 heteroatoms. The van der Waals surface area contributed by atoms with Gasteiger partial charge in [0.1, 0.15) is 0 Å². The number of ether oxygens (including phenoxy) is 1. The van der Waals surface area contributed by atoms with E-state index in [0.29, 0.717) is 18.9 Å². The van der Waals surface area contributed by atoms with Gasteiger partial charge in [-0.3, -0.25) is 4.79 Å². The molecule has 2 aromatic rings. The first-order chi connectivity index (χ1) is 11.3. The van der Waals surface area contributed by atoms with Crippen molar-refractivity contribution in [3.63, 3.8) is 0 Å². The van der Waals surface area contributed by atoms with Crippen LogP contribution in [0.3, 0.4) is 0 Å². The van der Waals surface area contributed by atoms with E-state index in [4.69, 9.17) is 10.5 Å². The van der Waals surface area contributed by atoms with E-state index >= 15 is 0 Å². The van der Waals surface area contributed by atoms with Gasteiger partial charge in [-0.2, -0.15) is 0 Å². The second-order valence-corrected chi connectivity index (χ2v) is 7.58. The smallest absolute Gasteiger partial charge is 0.270 e. The molecular formula is C17H18N2O4S. The number of para-hydroxylation sites is 1. The van der Waals surface area contributed by atoms with Crippen LogP contribution in [0.25, 0.3) is 0 Å². The van der Waals surface area contributed by atoms with Gasteiger partial charge in [0.25, 0.3) is 10.0 Å². The van der Waals surface area contributed by atoms with Gasteiger partial charge in [0.05, 0.1) is 29.3 Å². The minimum atomic E-state index is -3.99. The van der Waals surface area contributed by atoms with Crippen LogP contribution in [0, 0.1) is 0 Å². The van der Waals surface area contributed by atoms with Crippen LogP contribution in [0.4, 0.5) is 5.69 Å². The number of benzene rings is 2. The Morgan fingerprint density at radius 1 is 1.08 bits per heavy atom. The molecule has 3 rings (SSSR count). The molecular weight excluding hydrogens is 328 g/mol. The maximum absolute atomic E-state index is 12.9. The highest BCUT2D eigenvalue weighted by Gasteiger charge is 2.36. The molecule has 1 amide bonds. The highest BCUT2D eigenvalue weighted by molar-refractivity contribution is 7.93. The molecule has 1 fully saturated rings. The lowest BCUT2D eigenvalue weighted by molar-refractivity contribution is -0.115. The summed E-state index contributed by atoms with van der Waals surface area (Å²) in [6, 6.07) is 14.5. The molecule has 1 heterocycles. The third-order valence-corrected chi connectivity index (χ3v) is 5.78. The van der Waals surface area contributed by atoms with Crippen LogP contribution in [0.2, 0.25) is 0 Å². The van der Waals surface area contributed by atoms with Gasteiger partial charge >= 0.3 is 0 Å². The monoisotopic (exact) mass is 346 g/mol. The molecule has 1 aliphatic heterocycles. The Hall–Kier alpha value is -2.22. The van der Waals surface area contributed by atoms with Crippen LogP contribution >= 0.6 is 0 Å². The highest BCUT2D eigenvalue weighted by Crippen LogP contribution is 2.29. The van der Waals surface area contributed by atoms with Gasteiger partial charge in [0.15, 0.2) is 0 Å². The normalized spacial score (nSPS) is 16.2. The Morgan fingerprint density at radius 2 is 1.67 bits per heavy atom. The zero-order valence-electron chi connectivity index (χ0n) is 13.2. The van der Waals surface area contributed by atoms with Crippen LogP contribution in [-0.4, -0.2) is 27.5 Å². The van der Waals surface area contributed by atoms with Crippen LogP contribution in [0.5, 0.6) is 0 Å². The van der Waals surface area contributed by atoms with E-state index in [1.54, 1.807) is 42.5 Å². The van der Waals surface area contributed by atoms with Crippen molar-refractivity contribution < 1.29 is 17.9 Å². The summed E-state index contributed by atoms with van der Waals surface area (Å²) in [4.78, 5) is 12.0. The number of carbonyl (C=O) groups is 1. The summed E-state index contributed by atoms with van der Waals surface area (Å²) < 4.78 is 31.7. The van der Waals surface area contributed by atoms with Crippen molar-refractivity contribution in [2.24, 2.45) is 5.73 Å². The molecule has 0 aliphatic carbocycles. The first-order valence-electron chi connectivity index (χ1n) is 7.43. The van der Waals surface area contributed by atoms with E-state index in [9.17, 15) is 13.2 Å². The Morgan fingerprint density at radius 3 is 2.12 bits per heavy atom. The van der Waals surface area contributed by atoms with Gasteiger partial charge in [-0.05, 0) is 29.8 Å². The highest BCUT2D eigenvalue weighted by atomic mass is 32.2.